The van der Waals surface area contributed by atoms with E-state index in [1.54, 1.807) is 0 Å². The molecular formula is C11H18N2. The maximum atomic E-state index is 5.91. The molecule has 0 spiro atoms. The average molecular weight is 178 g/mol. The molecule has 2 N–H and O–H groups in total. The predicted molar refractivity (Wildman–Crippen MR) is 55.6 cm³/mol. The number of rotatable bonds is 3. The van der Waals surface area contributed by atoms with Crippen LogP contribution in [-0.2, 0) is 6.42 Å². The molecule has 1 heterocycles. The number of nitrogens with zero attached hydrogens (tertiary/aromatic N) is 1. The Morgan fingerprint density at radius 1 is 1.46 bits per heavy atom. The zero-order chi connectivity index (χ0) is 9.90. The van der Waals surface area contributed by atoms with Crippen molar-refractivity contribution in [3.63, 3.8) is 0 Å². The lowest BCUT2D eigenvalue weighted by Crippen LogP contribution is -2.32. The van der Waals surface area contributed by atoms with Crippen LogP contribution in [0.5, 0.6) is 0 Å². The highest BCUT2D eigenvalue weighted by atomic mass is 14.7. The van der Waals surface area contributed by atoms with Crippen LogP contribution in [0.4, 0.5) is 0 Å². The Kier molecular flexibility index (Phi) is 3.04. The van der Waals surface area contributed by atoms with Crippen molar-refractivity contribution in [3.8, 4) is 0 Å². The minimum atomic E-state index is -0.0811. The first-order valence-corrected chi connectivity index (χ1v) is 4.68. The van der Waals surface area contributed by atoms with Crippen molar-refractivity contribution in [2.45, 2.75) is 39.2 Å². The van der Waals surface area contributed by atoms with Gasteiger partial charge in [-0.3, -0.25) is 4.98 Å². The number of hydrogen-bond acceptors (Lipinski definition) is 2. The molecule has 0 fully saturated rings. The SMILES string of the molecule is Cc1ncccc1CCC(C)(C)N. The van der Waals surface area contributed by atoms with Crippen molar-refractivity contribution in [2.24, 2.45) is 5.73 Å². The van der Waals surface area contributed by atoms with Crippen LogP contribution >= 0.6 is 0 Å². The summed E-state index contributed by atoms with van der Waals surface area (Å²) < 4.78 is 0. The highest BCUT2D eigenvalue weighted by molar-refractivity contribution is 5.18. The fraction of sp³-hybridized carbons (Fsp3) is 0.545. The minimum absolute atomic E-state index is 0.0811. The Hall–Kier alpha value is -0.890. The Morgan fingerprint density at radius 2 is 2.15 bits per heavy atom. The molecule has 2 nitrogen and oxygen atoms in total. The molecule has 0 bridgehead atoms. The van der Waals surface area contributed by atoms with E-state index < -0.39 is 0 Å². The lowest BCUT2D eigenvalue weighted by molar-refractivity contribution is 0.476. The molecule has 0 atom stereocenters. The molecule has 0 aliphatic heterocycles. The van der Waals surface area contributed by atoms with Crippen LogP contribution in [0, 0.1) is 6.92 Å². The molecule has 0 aliphatic rings. The molecular weight excluding hydrogens is 160 g/mol. The lowest BCUT2D eigenvalue weighted by atomic mass is 9.96. The van der Waals surface area contributed by atoms with E-state index in [4.69, 9.17) is 5.73 Å². The number of nitrogens with two attached hydrogens (primary N) is 1. The van der Waals surface area contributed by atoms with E-state index in [0.29, 0.717) is 0 Å². The van der Waals surface area contributed by atoms with Gasteiger partial charge >= 0.3 is 0 Å². The summed E-state index contributed by atoms with van der Waals surface area (Å²) in [5.74, 6) is 0. The van der Waals surface area contributed by atoms with Gasteiger partial charge in [0, 0.05) is 17.4 Å². The molecule has 0 aliphatic carbocycles. The molecule has 1 aromatic heterocycles. The Labute approximate surface area is 80.2 Å². The maximum absolute atomic E-state index is 5.91. The summed E-state index contributed by atoms with van der Waals surface area (Å²) in [5.41, 5.74) is 8.26. The van der Waals surface area contributed by atoms with Crippen LogP contribution in [0.15, 0.2) is 18.3 Å². The van der Waals surface area contributed by atoms with E-state index in [0.717, 1.165) is 18.5 Å². The van der Waals surface area contributed by atoms with Gasteiger partial charge in [0.25, 0.3) is 0 Å². The summed E-state index contributed by atoms with van der Waals surface area (Å²) in [7, 11) is 0. The van der Waals surface area contributed by atoms with Crippen LogP contribution in [0.2, 0.25) is 0 Å². The number of aromatic nitrogens is 1. The van der Waals surface area contributed by atoms with E-state index in [1.165, 1.54) is 5.56 Å². The van der Waals surface area contributed by atoms with Gasteiger partial charge in [0.05, 0.1) is 0 Å². The van der Waals surface area contributed by atoms with Crippen molar-refractivity contribution in [1.82, 2.24) is 4.98 Å². The van der Waals surface area contributed by atoms with Crippen molar-refractivity contribution in [1.29, 1.82) is 0 Å². The van der Waals surface area contributed by atoms with Gasteiger partial charge in [0.1, 0.15) is 0 Å². The molecule has 2 heteroatoms. The largest absolute Gasteiger partial charge is 0.326 e. The third-order valence-electron chi connectivity index (χ3n) is 2.16. The quantitative estimate of drug-likeness (QED) is 0.769. The van der Waals surface area contributed by atoms with Gasteiger partial charge in [-0.15, -0.1) is 0 Å². The molecule has 0 saturated heterocycles. The topological polar surface area (TPSA) is 38.9 Å². The second-order valence-electron chi connectivity index (χ2n) is 4.24. The van der Waals surface area contributed by atoms with Crippen molar-refractivity contribution in [3.05, 3.63) is 29.6 Å². The van der Waals surface area contributed by atoms with Crippen LogP contribution in [0.3, 0.4) is 0 Å². The Morgan fingerprint density at radius 3 is 2.69 bits per heavy atom. The first-order chi connectivity index (χ1) is 5.99. The predicted octanol–water partition coefficient (Wildman–Crippen LogP) is 2.06. The van der Waals surface area contributed by atoms with Gasteiger partial charge in [-0.2, -0.15) is 0 Å². The first-order valence-electron chi connectivity index (χ1n) is 4.68. The van der Waals surface area contributed by atoms with Crippen LogP contribution in [-0.4, -0.2) is 10.5 Å². The zero-order valence-electron chi connectivity index (χ0n) is 8.67. The van der Waals surface area contributed by atoms with E-state index in [1.807, 2.05) is 19.2 Å². The van der Waals surface area contributed by atoms with Crippen LogP contribution in [0.1, 0.15) is 31.5 Å². The smallest absolute Gasteiger partial charge is 0.0404 e. The molecule has 13 heavy (non-hydrogen) atoms. The highest BCUT2D eigenvalue weighted by Crippen LogP contribution is 2.12. The summed E-state index contributed by atoms with van der Waals surface area (Å²) in [4.78, 5) is 4.24. The average Bonchev–Trinajstić information content (AvgIpc) is 2.01. The van der Waals surface area contributed by atoms with Crippen molar-refractivity contribution in [2.75, 3.05) is 0 Å². The lowest BCUT2D eigenvalue weighted by Gasteiger charge is -2.18. The molecule has 72 valence electrons. The molecule has 0 amide bonds. The number of pyridine rings is 1. The van der Waals surface area contributed by atoms with E-state index in [2.05, 4.69) is 24.9 Å². The summed E-state index contributed by atoms with van der Waals surface area (Å²) in [6.07, 6.45) is 3.84. The molecule has 1 aromatic rings. The summed E-state index contributed by atoms with van der Waals surface area (Å²) in [6.45, 7) is 6.15. The van der Waals surface area contributed by atoms with E-state index in [9.17, 15) is 0 Å². The summed E-state index contributed by atoms with van der Waals surface area (Å²) in [5, 5.41) is 0. The second kappa shape index (κ2) is 3.88. The van der Waals surface area contributed by atoms with Gasteiger partial charge in [-0.1, -0.05) is 6.07 Å². The minimum Gasteiger partial charge on any atom is -0.326 e. The monoisotopic (exact) mass is 178 g/mol. The highest BCUT2D eigenvalue weighted by Gasteiger charge is 2.10. The van der Waals surface area contributed by atoms with Crippen LogP contribution < -0.4 is 5.73 Å². The van der Waals surface area contributed by atoms with Crippen molar-refractivity contribution < 1.29 is 0 Å². The second-order valence-corrected chi connectivity index (χ2v) is 4.24. The standard InChI is InChI=1S/C11H18N2/c1-9-10(5-4-8-13-9)6-7-11(2,3)12/h4-5,8H,6-7,12H2,1-3H3. The fourth-order valence-electron chi connectivity index (χ4n) is 1.24. The summed E-state index contributed by atoms with van der Waals surface area (Å²) in [6, 6.07) is 4.10. The zero-order valence-corrected chi connectivity index (χ0v) is 8.67. The van der Waals surface area contributed by atoms with Gasteiger partial charge < -0.3 is 5.73 Å². The van der Waals surface area contributed by atoms with Gasteiger partial charge in [0.2, 0.25) is 0 Å². The van der Waals surface area contributed by atoms with Gasteiger partial charge in [0.15, 0.2) is 0 Å². The first kappa shape index (κ1) is 10.2. The van der Waals surface area contributed by atoms with E-state index in [-0.39, 0.29) is 5.54 Å². The molecule has 0 saturated carbocycles. The van der Waals surface area contributed by atoms with Crippen LogP contribution in [0.25, 0.3) is 0 Å². The molecule has 0 aromatic carbocycles. The number of hydrogen-bond donors (Lipinski definition) is 1. The molecule has 0 unspecified atom stereocenters. The maximum Gasteiger partial charge on any atom is 0.0404 e. The van der Waals surface area contributed by atoms with Gasteiger partial charge in [-0.25, -0.2) is 0 Å². The third-order valence-corrected chi connectivity index (χ3v) is 2.16. The fourth-order valence-corrected chi connectivity index (χ4v) is 1.24. The van der Waals surface area contributed by atoms with E-state index >= 15 is 0 Å². The Bertz CT molecular complexity index is 274. The van der Waals surface area contributed by atoms with Gasteiger partial charge in [-0.05, 0) is 45.2 Å². The van der Waals surface area contributed by atoms with Crippen molar-refractivity contribution >= 4 is 0 Å². The number of aryl methyl sites for hydroxylation is 2. The third kappa shape index (κ3) is 3.55. The Balaban J connectivity index is 2.60. The summed E-state index contributed by atoms with van der Waals surface area (Å²) >= 11 is 0. The molecule has 0 radical (unpaired) electrons. The normalized spacial score (nSPS) is 11.7. The molecule has 1 rings (SSSR count).